The van der Waals surface area contributed by atoms with Crippen LogP contribution in [0.3, 0.4) is 0 Å². The quantitative estimate of drug-likeness (QED) is 0.688. The largest absolute Gasteiger partial charge is 0.355 e. The van der Waals surface area contributed by atoms with Gasteiger partial charge in [-0.1, -0.05) is 18.2 Å². The van der Waals surface area contributed by atoms with Gasteiger partial charge in [-0.25, -0.2) is 8.42 Å². The molecule has 9 heteroatoms. The number of para-hydroxylation sites is 1. The highest BCUT2D eigenvalue weighted by Crippen LogP contribution is 2.22. The zero-order chi connectivity index (χ0) is 17.6. The molecule has 0 aliphatic rings. The molecule has 0 radical (unpaired) electrons. The van der Waals surface area contributed by atoms with Crippen LogP contribution in [0.25, 0.3) is 0 Å². The van der Waals surface area contributed by atoms with Crippen molar-refractivity contribution in [3.8, 4) is 0 Å². The number of sulfonamides is 1. The van der Waals surface area contributed by atoms with Gasteiger partial charge in [-0.2, -0.15) is 0 Å². The van der Waals surface area contributed by atoms with E-state index in [0.717, 1.165) is 11.3 Å². The van der Waals surface area contributed by atoms with Crippen LogP contribution in [0.2, 0.25) is 0 Å². The molecule has 0 bridgehead atoms. The first-order valence-electron chi connectivity index (χ1n) is 7.14. The molecule has 0 aliphatic heterocycles. The molecule has 1 aromatic carbocycles. The lowest BCUT2D eigenvalue weighted by atomic mass is 10.1. The molecule has 1 aromatic heterocycles. The molecule has 128 valence electrons. The molecular formula is C15H17N3O4S2. The minimum Gasteiger partial charge on any atom is -0.355 e. The van der Waals surface area contributed by atoms with Crippen molar-refractivity contribution in [1.82, 2.24) is 10.6 Å². The zero-order valence-electron chi connectivity index (χ0n) is 12.9. The van der Waals surface area contributed by atoms with Gasteiger partial charge in [-0.3, -0.25) is 14.3 Å². The summed E-state index contributed by atoms with van der Waals surface area (Å²) in [6.45, 7) is 2.05. The number of hydrogen-bond acceptors (Lipinski definition) is 5. The van der Waals surface area contributed by atoms with E-state index >= 15 is 0 Å². The van der Waals surface area contributed by atoms with E-state index in [4.69, 9.17) is 0 Å². The fourth-order valence-corrected chi connectivity index (χ4v) is 3.97. The van der Waals surface area contributed by atoms with Gasteiger partial charge < -0.3 is 10.6 Å². The molecule has 0 saturated heterocycles. The molecule has 7 nitrogen and oxygen atoms in total. The van der Waals surface area contributed by atoms with Crippen LogP contribution < -0.4 is 15.4 Å². The fourth-order valence-electron chi connectivity index (χ4n) is 1.90. The standard InChI is InChI=1S/C15H17N3O4S2/c1-2-16-13(19)10-17-15(20)11-6-3-4-7-12(11)18-24(21,22)14-8-5-9-23-14/h3-9,18H,2,10H2,1H3,(H,16,19)(H,17,20). The van der Waals surface area contributed by atoms with Crippen molar-refractivity contribution in [2.75, 3.05) is 17.8 Å². The van der Waals surface area contributed by atoms with Crippen LogP contribution in [0.15, 0.2) is 46.0 Å². The van der Waals surface area contributed by atoms with Crippen molar-refractivity contribution in [3.63, 3.8) is 0 Å². The normalized spacial score (nSPS) is 10.9. The van der Waals surface area contributed by atoms with Crippen LogP contribution in [0, 0.1) is 0 Å². The Labute approximate surface area is 144 Å². The summed E-state index contributed by atoms with van der Waals surface area (Å²) in [5.41, 5.74) is 0.293. The van der Waals surface area contributed by atoms with E-state index in [2.05, 4.69) is 15.4 Å². The molecule has 2 rings (SSSR count). The lowest BCUT2D eigenvalue weighted by molar-refractivity contribution is -0.120. The van der Waals surface area contributed by atoms with E-state index in [1.807, 2.05) is 0 Å². The van der Waals surface area contributed by atoms with Crippen molar-refractivity contribution in [2.45, 2.75) is 11.1 Å². The smallest absolute Gasteiger partial charge is 0.271 e. The van der Waals surface area contributed by atoms with E-state index in [9.17, 15) is 18.0 Å². The van der Waals surface area contributed by atoms with Crippen molar-refractivity contribution in [3.05, 3.63) is 47.3 Å². The number of carbonyl (C=O) groups is 2. The summed E-state index contributed by atoms with van der Waals surface area (Å²) in [6.07, 6.45) is 0. The number of hydrogen-bond donors (Lipinski definition) is 3. The van der Waals surface area contributed by atoms with Gasteiger partial charge in [0.1, 0.15) is 4.21 Å². The Morgan fingerprint density at radius 3 is 2.50 bits per heavy atom. The van der Waals surface area contributed by atoms with Crippen molar-refractivity contribution < 1.29 is 18.0 Å². The molecular weight excluding hydrogens is 350 g/mol. The average Bonchev–Trinajstić information content (AvgIpc) is 3.08. The maximum Gasteiger partial charge on any atom is 0.271 e. The van der Waals surface area contributed by atoms with E-state index < -0.39 is 15.9 Å². The summed E-state index contributed by atoms with van der Waals surface area (Å²) in [5.74, 6) is -0.853. The molecule has 0 aliphatic carbocycles. The summed E-state index contributed by atoms with van der Waals surface area (Å²) in [4.78, 5) is 23.6. The van der Waals surface area contributed by atoms with Crippen molar-refractivity contribution in [2.24, 2.45) is 0 Å². The van der Waals surface area contributed by atoms with Gasteiger partial charge in [0.15, 0.2) is 0 Å². The molecule has 2 aromatic rings. The Morgan fingerprint density at radius 1 is 1.08 bits per heavy atom. The molecule has 1 heterocycles. The van der Waals surface area contributed by atoms with E-state index in [0.29, 0.717) is 6.54 Å². The van der Waals surface area contributed by atoms with E-state index in [-0.39, 0.29) is 27.9 Å². The van der Waals surface area contributed by atoms with Crippen LogP contribution >= 0.6 is 11.3 Å². The second kappa shape index (κ2) is 7.93. The second-order valence-corrected chi connectivity index (χ2v) is 7.58. The highest BCUT2D eigenvalue weighted by molar-refractivity contribution is 7.94. The zero-order valence-corrected chi connectivity index (χ0v) is 14.5. The van der Waals surface area contributed by atoms with Gasteiger partial charge in [-0.05, 0) is 30.5 Å². The van der Waals surface area contributed by atoms with E-state index in [1.54, 1.807) is 30.5 Å². The number of benzene rings is 1. The van der Waals surface area contributed by atoms with Gasteiger partial charge in [0.25, 0.3) is 15.9 Å². The molecule has 0 atom stereocenters. The number of thiophene rings is 1. The average molecular weight is 367 g/mol. The number of amides is 2. The van der Waals surface area contributed by atoms with Gasteiger partial charge >= 0.3 is 0 Å². The lowest BCUT2D eigenvalue weighted by Gasteiger charge is -2.12. The lowest BCUT2D eigenvalue weighted by Crippen LogP contribution is -2.37. The van der Waals surface area contributed by atoms with E-state index in [1.165, 1.54) is 18.2 Å². The fraction of sp³-hybridized carbons (Fsp3) is 0.200. The molecule has 0 saturated carbocycles. The minimum absolute atomic E-state index is 0.141. The number of rotatable bonds is 7. The van der Waals surface area contributed by atoms with Crippen LogP contribution in [0.1, 0.15) is 17.3 Å². The minimum atomic E-state index is -3.76. The Bertz CT molecular complexity index is 817. The van der Waals surface area contributed by atoms with Crippen LogP contribution in [-0.2, 0) is 14.8 Å². The summed E-state index contributed by atoms with van der Waals surface area (Å²) < 4.78 is 27.1. The maximum absolute atomic E-state index is 12.3. The third kappa shape index (κ3) is 4.56. The summed E-state index contributed by atoms with van der Waals surface area (Å²) in [6, 6.07) is 9.32. The predicted octanol–water partition coefficient (Wildman–Crippen LogP) is 1.41. The van der Waals surface area contributed by atoms with Crippen LogP contribution in [0.4, 0.5) is 5.69 Å². The number of nitrogens with one attached hydrogen (secondary N) is 3. The van der Waals surface area contributed by atoms with Crippen LogP contribution in [-0.4, -0.2) is 33.3 Å². The number of anilines is 1. The third-order valence-corrected chi connectivity index (χ3v) is 5.72. The van der Waals surface area contributed by atoms with Crippen LogP contribution in [0.5, 0.6) is 0 Å². The molecule has 24 heavy (non-hydrogen) atoms. The number of likely N-dealkylation sites (N-methyl/N-ethyl adjacent to an activating group) is 1. The molecule has 0 fully saturated rings. The van der Waals surface area contributed by atoms with Crippen molar-refractivity contribution >= 4 is 38.9 Å². The highest BCUT2D eigenvalue weighted by Gasteiger charge is 2.19. The summed E-state index contributed by atoms with van der Waals surface area (Å²) >= 11 is 1.08. The predicted molar refractivity (Wildman–Crippen MR) is 92.6 cm³/mol. The SMILES string of the molecule is CCNC(=O)CNC(=O)c1ccccc1NS(=O)(=O)c1cccs1. The maximum atomic E-state index is 12.3. The van der Waals surface area contributed by atoms with Crippen molar-refractivity contribution in [1.29, 1.82) is 0 Å². The van der Waals surface area contributed by atoms with Gasteiger partial charge in [0, 0.05) is 6.54 Å². The summed E-state index contributed by atoms with van der Waals surface area (Å²) in [5, 5.41) is 6.67. The number of carbonyl (C=O) groups excluding carboxylic acids is 2. The monoisotopic (exact) mass is 367 g/mol. The van der Waals surface area contributed by atoms with Gasteiger partial charge in [-0.15, -0.1) is 11.3 Å². The molecule has 3 N–H and O–H groups in total. The second-order valence-electron chi connectivity index (χ2n) is 4.72. The Hall–Kier alpha value is -2.39. The first-order valence-corrected chi connectivity index (χ1v) is 9.50. The molecule has 2 amide bonds. The Balaban J connectivity index is 2.15. The first kappa shape index (κ1) is 18.0. The Kier molecular flexibility index (Phi) is 5.93. The molecule has 0 unspecified atom stereocenters. The topological polar surface area (TPSA) is 104 Å². The third-order valence-electron chi connectivity index (χ3n) is 2.96. The first-order chi connectivity index (χ1) is 11.4. The Morgan fingerprint density at radius 2 is 1.83 bits per heavy atom. The molecule has 0 spiro atoms. The highest BCUT2D eigenvalue weighted by atomic mass is 32.2. The summed E-state index contributed by atoms with van der Waals surface area (Å²) in [7, 11) is -3.76. The van der Waals surface area contributed by atoms with Gasteiger partial charge in [0.05, 0.1) is 17.8 Å². The van der Waals surface area contributed by atoms with Gasteiger partial charge in [0.2, 0.25) is 5.91 Å².